The molecule has 0 saturated carbocycles. The standard InChI is InChI=1S/C21H25N3O/c25-21(19-7-6-18-8-9-22-20(18)14-19)16-24-12-10-23(11-13-24)15-17-4-2-1-3-5-17/h1-9,14,21-22,25H,10-13,15-16H2. The van der Waals surface area contributed by atoms with Gasteiger partial charge in [-0.25, -0.2) is 0 Å². The first kappa shape index (κ1) is 16.3. The lowest BCUT2D eigenvalue weighted by Gasteiger charge is -2.35. The number of piperazine rings is 1. The minimum atomic E-state index is -0.437. The highest BCUT2D eigenvalue weighted by Gasteiger charge is 2.20. The Hall–Kier alpha value is -2.14. The van der Waals surface area contributed by atoms with Crippen LogP contribution in [-0.2, 0) is 6.54 Å². The maximum absolute atomic E-state index is 10.6. The summed E-state index contributed by atoms with van der Waals surface area (Å²) in [5.41, 5.74) is 3.45. The molecular formula is C21H25N3O. The van der Waals surface area contributed by atoms with Crippen molar-refractivity contribution in [2.24, 2.45) is 0 Å². The number of β-amino-alcohol motifs (C(OH)–C–C–N with tert-alkyl or cyclic N) is 1. The average molecular weight is 335 g/mol. The van der Waals surface area contributed by atoms with Gasteiger partial charge in [-0.3, -0.25) is 9.80 Å². The maximum atomic E-state index is 10.6. The Bertz CT molecular complexity index is 806. The second kappa shape index (κ2) is 7.40. The van der Waals surface area contributed by atoms with Gasteiger partial charge in [-0.15, -0.1) is 0 Å². The predicted molar refractivity (Wildman–Crippen MR) is 101 cm³/mol. The molecule has 1 unspecified atom stereocenters. The molecule has 0 aliphatic carbocycles. The van der Waals surface area contributed by atoms with E-state index in [4.69, 9.17) is 0 Å². The summed E-state index contributed by atoms with van der Waals surface area (Å²) >= 11 is 0. The van der Waals surface area contributed by atoms with Crippen molar-refractivity contribution >= 4 is 10.9 Å². The number of benzene rings is 2. The van der Waals surface area contributed by atoms with Crippen LogP contribution >= 0.6 is 0 Å². The van der Waals surface area contributed by atoms with Crippen LogP contribution in [0.1, 0.15) is 17.2 Å². The number of aromatic nitrogens is 1. The number of aliphatic hydroxyl groups is 1. The van der Waals surface area contributed by atoms with E-state index in [1.54, 1.807) is 0 Å². The van der Waals surface area contributed by atoms with Gasteiger partial charge in [0.15, 0.2) is 0 Å². The lowest BCUT2D eigenvalue weighted by molar-refractivity contribution is 0.0701. The highest BCUT2D eigenvalue weighted by atomic mass is 16.3. The van der Waals surface area contributed by atoms with Crippen molar-refractivity contribution in [2.45, 2.75) is 12.6 Å². The molecule has 2 heterocycles. The van der Waals surface area contributed by atoms with Gasteiger partial charge in [0, 0.05) is 51.0 Å². The Morgan fingerprint density at radius 2 is 1.68 bits per heavy atom. The number of rotatable bonds is 5. The summed E-state index contributed by atoms with van der Waals surface area (Å²) in [5.74, 6) is 0. The zero-order valence-corrected chi connectivity index (χ0v) is 14.4. The second-order valence-electron chi connectivity index (χ2n) is 6.90. The summed E-state index contributed by atoms with van der Waals surface area (Å²) in [7, 11) is 0. The molecule has 130 valence electrons. The van der Waals surface area contributed by atoms with Crippen molar-refractivity contribution in [2.75, 3.05) is 32.7 Å². The van der Waals surface area contributed by atoms with Crippen LogP contribution in [0.5, 0.6) is 0 Å². The monoisotopic (exact) mass is 335 g/mol. The number of fused-ring (bicyclic) bond motifs is 1. The van der Waals surface area contributed by atoms with Crippen molar-refractivity contribution in [3.63, 3.8) is 0 Å². The molecule has 1 aliphatic heterocycles. The average Bonchev–Trinajstić information content (AvgIpc) is 3.12. The predicted octanol–water partition coefficient (Wildman–Crippen LogP) is 3.02. The number of hydrogen-bond acceptors (Lipinski definition) is 3. The number of nitrogens with zero attached hydrogens (tertiary/aromatic N) is 2. The summed E-state index contributed by atoms with van der Waals surface area (Å²) in [6.07, 6.45) is 1.50. The topological polar surface area (TPSA) is 42.5 Å². The molecule has 0 spiro atoms. The molecule has 2 N–H and O–H groups in total. The fourth-order valence-corrected chi connectivity index (χ4v) is 3.59. The highest BCUT2D eigenvalue weighted by molar-refractivity contribution is 5.79. The Labute approximate surface area is 148 Å². The van der Waals surface area contributed by atoms with Gasteiger partial charge in [-0.2, -0.15) is 0 Å². The van der Waals surface area contributed by atoms with E-state index in [2.05, 4.69) is 63.3 Å². The number of hydrogen-bond donors (Lipinski definition) is 2. The molecular weight excluding hydrogens is 310 g/mol. The number of H-pyrrole nitrogens is 1. The van der Waals surface area contributed by atoms with Crippen LogP contribution < -0.4 is 0 Å². The number of aromatic amines is 1. The minimum absolute atomic E-state index is 0.437. The molecule has 1 atom stereocenters. The van der Waals surface area contributed by atoms with Gasteiger partial charge in [-0.05, 0) is 28.6 Å². The molecule has 4 heteroatoms. The smallest absolute Gasteiger partial charge is 0.0917 e. The third-order valence-electron chi connectivity index (χ3n) is 5.11. The first-order chi connectivity index (χ1) is 12.3. The molecule has 4 nitrogen and oxygen atoms in total. The molecule has 1 aromatic heterocycles. The van der Waals surface area contributed by atoms with E-state index in [0.717, 1.165) is 43.8 Å². The molecule has 0 bridgehead atoms. The van der Waals surface area contributed by atoms with Gasteiger partial charge in [0.25, 0.3) is 0 Å². The summed E-state index contributed by atoms with van der Waals surface area (Å²) in [5, 5.41) is 11.8. The second-order valence-corrected chi connectivity index (χ2v) is 6.90. The first-order valence-corrected chi connectivity index (χ1v) is 9.02. The molecule has 2 aromatic carbocycles. The van der Waals surface area contributed by atoms with E-state index in [9.17, 15) is 5.11 Å². The SMILES string of the molecule is OC(CN1CCN(Cc2ccccc2)CC1)c1ccc2cc[nH]c2c1. The van der Waals surface area contributed by atoms with Crippen molar-refractivity contribution in [1.82, 2.24) is 14.8 Å². The van der Waals surface area contributed by atoms with Gasteiger partial charge in [0.05, 0.1) is 6.10 Å². The van der Waals surface area contributed by atoms with E-state index in [1.165, 1.54) is 10.9 Å². The van der Waals surface area contributed by atoms with Crippen LogP contribution in [0.2, 0.25) is 0 Å². The largest absolute Gasteiger partial charge is 0.387 e. The van der Waals surface area contributed by atoms with E-state index in [-0.39, 0.29) is 0 Å². The van der Waals surface area contributed by atoms with Crippen LogP contribution in [0.25, 0.3) is 10.9 Å². The zero-order valence-electron chi connectivity index (χ0n) is 14.4. The third-order valence-corrected chi connectivity index (χ3v) is 5.11. The van der Waals surface area contributed by atoms with E-state index in [1.807, 2.05) is 12.3 Å². The van der Waals surface area contributed by atoms with Crippen molar-refractivity contribution in [3.8, 4) is 0 Å². The highest BCUT2D eigenvalue weighted by Crippen LogP contribution is 2.21. The van der Waals surface area contributed by atoms with Gasteiger partial charge >= 0.3 is 0 Å². The minimum Gasteiger partial charge on any atom is -0.387 e. The molecule has 25 heavy (non-hydrogen) atoms. The van der Waals surface area contributed by atoms with Crippen LogP contribution in [-0.4, -0.2) is 52.6 Å². The molecule has 0 radical (unpaired) electrons. The van der Waals surface area contributed by atoms with Crippen LogP contribution in [0, 0.1) is 0 Å². The zero-order chi connectivity index (χ0) is 17.1. The lowest BCUT2D eigenvalue weighted by atomic mass is 10.1. The quantitative estimate of drug-likeness (QED) is 0.753. The summed E-state index contributed by atoms with van der Waals surface area (Å²) in [6, 6.07) is 18.9. The van der Waals surface area contributed by atoms with E-state index >= 15 is 0 Å². The van der Waals surface area contributed by atoms with Crippen LogP contribution in [0.4, 0.5) is 0 Å². The van der Waals surface area contributed by atoms with E-state index in [0.29, 0.717) is 6.54 Å². The van der Waals surface area contributed by atoms with Gasteiger partial charge in [0.1, 0.15) is 0 Å². The molecule has 3 aromatic rings. The van der Waals surface area contributed by atoms with Crippen LogP contribution in [0.3, 0.4) is 0 Å². The number of aliphatic hydroxyl groups excluding tert-OH is 1. The molecule has 0 amide bonds. The summed E-state index contributed by atoms with van der Waals surface area (Å²) in [4.78, 5) is 8.07. The number of nitrogens with one attached hydrogen (secondary N) is 1. The Morgan fingerprint density at radius 3 is 2.48 bits per heavy atom. The Kier molecular flexibility index (Phi) is 4.83. The summed E-state index contributed by atoms with van der Waals surface area (Å²) in [6.45, 7) is 5.84. The molecule has 4 rings (SSSR count). The summed E-state index contributed by atoms with van der Waals surface area (Å²) < 4.78 is 0. The molecule has 1 fully saturated rings. The van der Waals surface area contributed by atoms with Gasteiger partial charge in [-0.1, -0.05) is 42.5 Å². The lowest BCUT2D eigenvalue weighted by Crippen LogP contribution is -2.47. The van der Waals surface area contributed by atoms with Crippen LogP contribution in [0.15, 0.2) is 60.8 Å². The molecule has 1 aliphatic rings. The van der Waals surface area contributed by atoms with Gasteiger partial charge < -0.3 is 10.1 Å². The normalized spacial score (nSPS) is 17.8. The molecule has 1 saturated heterocycles. The van der Waals surface area contributed by atoms with Crippen molar-refractivity contribution < 1.29 is 5.11 Å². The van der Waals surface area contributed by atoms with Crippen molar-refractivity contribution in [3.05, 3.63) is 71.9 Å². The van der Waals surface area contributed by atoms with Crippen molar-refractivity contribution in [1.29, 1.82) is 0 Å². The van der Waals surface area contributed by atoms with Gasteiger partial charge in [0.2, 0.25) is 0 Å². The Balaban J connectivity index is 1.30. The van der Waals surface area contributed by atoms with E-state index < -0.39 is 6.10 Å². The fraction of sp³-hybridized carbons (Fsp3) is 0.333. The first-order valence-electron chi connectivity index (χ1n) is 9.02. The fourth-order valence-electron chi connectivity index (χ4n) is 3.59. The Morgan fingerprint density at radius 1 is 0.920 bits per heavy atom. The maximum Gasteiger partial charge on any atom is 0.0917 e. The third kappa shape index (κ3) is 3.93.